The van der Waals surface area contributed by atoms with Gasteiger partial charge in [-0.2, -0.15) is 4.37 Å². The summed E-state index contributed by atoms with van der Waals surface area (Å²) < 4.78 is 17.3. The third-order valence-electron chi connectivity index (χ3n) is 7.17. The molecule has 0 radical (unpaired) electrons. The van der Waals surface area contributed by atoms with Gasteiger partial charge < -0.3 is 25.0 Å². The highest BCUT2D eigenvalue weighted by atomic mass is 35.5. The maximum Gasteiger partial charge on any atom is 0.161 e. The maximum absolute atomic E-state index is 6.69. The van der Waals surface area contributed by atoms with Gasteiger partial charge in [0.2, 0.25) is 0 Å². The van der Waals surface area contributed by atoms with E-state index in [0.29, 0.717) is 18.2 Å². The summed E-state index contributed by atoms with van der Waals surface area (Å²) >= 11 is 8.17. The molecule has 7 nitrogen and oxygen atoms in total. The van der Waals surface area contributed by atoms with Crippen molar-refractivity contribution in [3.8, 4) is 22.6 Å². The van der Waals surface area contributed by atoms with Crippen molar-refractivity contribution in [1.29, 1.82) is 0 Å². The lowest BCUT2D eigenvalue weighted by Crippen LogP contribution is -2.46. The van der Waals surface area contributed by atoms with Gasteiger partial charge in [-0.3, -0.25) is 4.90 Å². The second-order valence-electron chi connectivity index (χ2n) is 9.83. The number of hydrogen-bond donors (Lipinski definition) is 2. The van der Waals surface area contributed by atoms with Crippen LogP contribution in [0.25, 0.3) is 21.2 Å². The van der Waals surface area contributed by atoms with E-state index in [0.717, 1.165) is 90.0 Å². The zero-order chi connectivity index (χ0) is 25.9. The van der Waals surface area contributed by atoms with Gasteiger partial charge in [-0.05, 0) is 60.0 Å². The molecule has 0 aliphatic carbocycles. The molecule has 38 heavy (non-hydrogen) atoms. The van der Waals surface area contributed by atoms with Crippen LogP contribution in [0.4, 0.5) is 11.5 Å². The van der Waals surface area contributed by atoms with Crippen molar-refractivity contribution in [1.82, 2.24) is 19.5 Å². The Labute approximate surface area is 232 Å². The second kappa shape index (κ2) is 11.5. The van der Waals surface area contributed by atoms with E-state index in [1.54, 1.807) is 0 Å². The van der Waals surface area contributed by atoms with E-state index in [-0.39, 0.29) is 0 Å². The molecule has 198 valence electrons. The lowest BCUT2D eigenvalue weighted by Gasteiger charge is -2.32. The fourth-order valence-corrected chi connectivity index (χ4v) is 6.05. The molecule has 9 heteroatoms. The minimum Gasteiger partial charge on any atom is -0.486 e. The molecule has 0 bridgehead atoms. The van der Waals surface area contributed by atoms with Crippen molar-refractivity contribution >= 4 is 44.7 Å². The molecule has 0 saturated carbocycles. The zero-order valence-corrected chi connectivity index (χ0v) is 23.1. The number of likely N-dealkylation sites (N-methyl/N-ethyl adjacent to an activating group) is 1. The number of nitrogens with zero attached hydrogens (tertiary/aromatic N) is 3. The summed E-state index contributed by atoms with van der Waals surface area (Å²) in [5.41, 5.74) is 4.22. The number of fused-ring (bicyclic) bond motifs is 2. The van der Waals surface area contributed by atoms with E-state index in [1.165, 1.54) is 17.1 Å². The summed E-state index contributed by atoms with van der Waals surface area (Å²) in [6, 6.07) is 18.6. The number of rotatable bonds is 8. The van der Waals surface area contributed by atoms with Gasteiger partial charge in [0.15, 0.2) is 17.3 Å². The van der Waals surface area contributed by atoms with Crippen molar-refractivity contribution in [3.63, 3.8) is 0 Å². The Balaban J connectivity index is 1.11. The molecule has 2 aliphatic heterocycles. The first-order valence-corrected chi connectivity index (χ1v) is 14.2. The summed E-state index contributed by atoms with van der Waals surface area (Å²) in [5, 5.41) is 8.76. The number of halogens is 1. The fraction of sp³-hybridized carbons (Fsp3) is 0.345. The van der Waals surface area contributed by atoms with Gasteiger partial charge in [-0.25, -0.2) is 0 Å². The predicted octanol–water partition coefficient (Wildman–Crippen LogP) is 5.47. The highest BCUT2D eigenvalue weighted by molar-refractivity contribution is 7.14. The maximum atomic E-state index is 6.69. The van der Waals surface area contributed by atoms with Crippen LogP contribution < -0.4 is 20.1 Å². The van der Waals surface area contributed by atoms with Crippen LogP contribution in [0.1, 0.15) is 5.56 Å². The molecular formula is C29H32ClN5O2S. The highest BCUT2D eigenvalue weighted by Gasteiger charge is 2.17. The van der Waals surface area contributed by atoms with Crippen molar-refractivity contribution < 1.29 is 9.47 Å². The van der Waals surface area contributed by atoms with Crippen LogP contribution in [-0.4, -0.2) is 73.7 Å². The molecule has 6 rings (SSSR count). The van der Waals surface area contributed by atoms with Crippen LogP contribution in [0.3, 0.4) is 0 Å². The smallest absolute Gasteiger partial charge is 0.161 e. The van der Waals surface area contributed by atoms with Crippen LogP contribution in [0.2, 0.25) is 5.02 Å². The van der Waals surface area contributed by atoms with Crippen LogP contribution in [0.15, 0.2) is 54.6 Å². The van der Waals surface area contributed by atoms with Crippen LogP contribution >= 0.6 is 23.1 Å². The first kappa shape index (κ1) is 25.4. The number of hydrogen-bond acceptors (Lipinski definition) is 8. The lowest BCUT2D eigenvalue weighted by atomic mass is 10.0. The monoisotopic (exact) mass is 549 g/mol. The van der Waals surface area contributed by atoms with E-state index in [2.05, 4.69) is 57.8 Å². The SMILES string of the molecule is CN1CCN(CCNCc2ccc(Nc3nsc4c(-c5ccc6c(c5)OCCO6)cccc34)c(Cl)c2)CC1. The fourth-order valence-electron chi connectivity index (χ4n) is 4.93. The quantitative estimate of drug-likeness (QED) is 0.283. The Morgan fingerprint density at radius 2 is 1.82 bits per heavy atom. The van der Waals surface area contributed by atoms with E-state index in [1.807, 2.05) is 24.3 Å². The molecular weight excluding hydrogens is 518 g/mol. The number of piperazine rings is 1. The number of anilines is 2. The lowest BCUT2D eigenvalue weighted by molar-refractivity contribution is 0.154. The third kappa shape index (κ3) is 5.60. The minimum absolute atomic E-state index is 0.571. The standard InChI is InChI=1S/C29H32ClN5O2S/c1-34-11-13-35(14-12-34)10-9-31-19-20-5-7-25(24(30)17-20)32-29-23-4-2-3-22(28(23)38-33-29)21-6-8-26-27(18-21)37-16-15-36-26/h2-8,17-18,31H,9-16,19H2,1H3,(H,32,33). The van der Waals surface area contributed by atoms with E-state index < -0.39 is 0 Å². The van der Waals surface area contributed by atoms with E-state index >= 15 is 0 Å². The highest BCUT2D eigenvalue weighted by Crippen LogP contribution is 2.40. The molecule has 2 N–H and O–H groups in total. The molecule has 0 atom stereocenters. The summed E-state index contributed by atoms with van der Waals surface area (Å²) in [4.78, 5) is 4.90. The molecule has 1 aromatic heterocycles. The average molecular weight is 550 g/mol. The van der Waals surface area contributed by atoms with Gasteiger partial charge >= 0.3 is 0 Å². The Morgan fingerprint density at radius 3 is 2.66 bits per heavy atom. The molecule has 3 heterocycles. The molecule has 0 unspecified atom stereocenters. The minimum atomic E-state index is 0.571. The van der Waals surface area contributed by atoms with Crippen LogP contribution in [0.5, 0.6) is 11.5 Å². The van der Waals surface area contributed by atoms with Crippen LogP contribution in [-0.2, 0) is 6.54 Å². The van der Waals surface area contributed by atoms with Crippen molar-refractivity contribution in [2.24, 2.45) is 0 Å². The molecule has 4 aromatic rings. The number of benzene rings is 3. The Bertz CT molecular complexity index is 1420. The van der Waals surface area contributed by atoms with Crippen molar-refractivity contribution in [2.75, 3.05) is 64.8 Å². The molecule has 2 aliphatic rings. The molecule has 0 amide bonds. The van der Waals surface area contributed by atoms with Crippen molar-refractivity contribution in [2.45, 2.75) is 6.54 Å². The van der Waals surface area contributed by atoms with E-state index in [4.69, 9.17) is 25.4 Å². The average Bonchev–Trinajstić information content (AvgIpc) is 3.36. The molecule has 1 saturated heterocycles. The second-order valence-corrected chi connectivity index (χ2v) is 11.0. The zero-order valence-electron chi connectivity index (χ0n) is 21.5. The molecule has 0 spiro atoms. The first-order chi connectivity index (χ1) is 18.6. The van der Waals surface area contributed by atoms with Crippen LogP contribution in [0, 0.1) is 0 Å². The Morgan fingerprint density at radius 1 is 0.974 bits per heavy atom. The summed E-state index contributed by atoms with van der Waals surface area (Å²) in [5.74, 6) is 2.39. The third-order valence-corrected chi connectivity index (χ3v) is 8.38. The van der Waals surface area contributed by atoms with Gasteiger partial charge in [-0.1, -0.05) is 35.9 Å². The van der Waals surface area contributed by atoms with Gasteiger partial charge in [0.25, 0.3) is 0 Å². The Hall–Kier alpha value is -2.88. The van der Waals surface area contributed by atoms with Crippen molar-refractivity contribution in [3.05, 3.63) is 65.2 Å². The van der Waals surface area contributed by atoms with Gasteiger partial charge in [0, 0.05) is 56.8 Å². The van der Waals surface area contributed by atoms with Gasteiger partial charge in [-0.15, -0.1) is 0 Å². The normalized spacial score (nSPS) is 16.2. The van der Waals surface area contributed by atoms with Gasteiger partial charge in [0.05, 0.1) is 15.4 Å². The summed E-state index contributed by atoms with van der Waals surface area (Å²) in [6.07, 6.45) is 0. The molecule has 1 fully saturated rings. The molecule has 3 aromatic carbocycles. The number of nitrogens with one attached hydrogen (secondary N) is 2. The van der Waals surface area contributed by atoms with Gasteiger partial charge in [0.1, 0.15) is 13.2 Å². The summed E-state index contributed by atoms with van der Waals surface area (Å²) in [7, 11) is 2.19. The largest absolute Gasteiger partial charge is 0.486 e. The van der Waals surface area contributed by atoms with E-state index in [9.17, 15) is 0 Å². The number of ether oxygens (including phenoxy) is 2. The Kier molecular flexibility index (Phi) is 7.67. The predicted molar refractivity (Wildman–Crippen MR) is 156 cm³/mol. The topological polar surface area (TPSA) is 61.9 Å². The first-order valence-electron chi connectivity index (χ1n) is 13.1. The summed E-state index contributed by atoms with van der Waals surface area (Å²) in [6.45, 7) is 8.60. The number of aromatic nitrogens is 1.